The molecule has 1 aromatic heterocycles. The number of carbonyl (C=O) groups excluding carboxylic acids is 1. The summed E-state index contributed by atoms with van der Waals surface area (Å²) in [5, 5.41) is 3.00. The van der Waals surface area contributed by atoms with Crippen LogP contribution >= 0.6 is 0 Å². The van der Waals surface area contributed by atoms with Crippen LogP contribution in [0.4, 0.5) is 0 Å². The number of likely N-dealkylation sites (tertiary alicyclic amines) is 1. The third-order valence-electron chi connectivity index (χ3n) is 4.36. The highest BCUT2D eigenvalue weighted by Gasteiger charge is 2.26. The zero-order chi connectivity index (χ0) is 16.9. The molecule has 3 rings (SSSR count). The van der Waals surface area contributed by atoms with Crippen LogP contribution < -0.4 is 5.32 Å². The summed E-state index contributed by atoms with van der Waals surface area (Å²) in [6.07, 6.45) is 5.66. The van der Waals surface area contributed by atoms with Crippen molar-refractivity contribution in [1.29, 1.82) is 0 Å². The summed E-state index contributed by atoms with van der Waals surface area (Å²) in [5.74, 6) is 0.758. The first kappa shape index (κ1) is 16.9. The minimum Gasteiger partial charge on any atom is -0.468 e. The molecule has 1 aromatic carbocycles. The first-order chi connectivity index (χ1) is 11.6. The molecule has 1 saturated heterocycles. The monoisotopic (exact) mass is 346 g/mol. The molecule has 128 valence electrons. The van der Waals surface area contributed by atoms with E-state index in [1.54, 1.807) is 36.8 Å². The smallest absolute Gasteiger partial charge is 0.251 e. The molecule has 0 aliphatic carbocycles. The van der Waals surface area contributed by atoms with Gasteiger partial charge in [-0.2, -0.15) is 0 Å². The van der Waals surface area contributed by atoms with Crippen LogP contribution in [0.15, 0.2) is 52.0 Å². The summed E-state index contributed by atoms with van der Waals surface area (Å²) in [6.45, 7) is 2.56. The van der Waals surface area contributed by atoms with Crippen LogP contribution in [0.2, 0.25) is 0 Å². The number of hydrogen-bond acceptors (Lipinski definition) is 4. The van der Waals surface area contributed by atoms with E-state index in [2.05, 4.69) is 10.2 Å². The molecule has 24 heavy (non-hydrogen) atoms. The van der Waals surface area contributed by atoms with Crippen molar-refractivity contribution in [3.8, 4) is 0 Å². The summed E-state index contributed by atoms with van der Waals surface area (Å²) in [6, 6.07) is 10.8. The van der Waals surface area contributed by atoms with Crippen LogP contribution in [0.25, 0.3) is 0 Å². The summed E-state index contributed by atoms with van der Waals surface area (Å²) < 4.78 is 17.0. The maximum atomic E-state index is 12.4. The Balaban J connectivity index is 1.65. The van der Waals surface area contributed by atoms with Crippen molar-refractivity contribution < 1.29 is 13.4 Å². The molecule has 6 heteroatoms. The largest absolute Gasteiger partial charge is 0.468 e. The van der Waals surface area contributed by atoms with E-state index in [1.807, 2.05) is 12.1 Å². The molecule has 0 bridgehead atoms. The molecule has 5 nitrogen and oxygen atoms in total. The second-order valence-corrected chi connectivity index (χ2v) is 7.34. The van der Waals surface area contributed by atoms with E-state index < -0.39 is 10.8 Å². The molecule has 1 amide bonds. The molecule has 0 unspecified atom stereocenters. The molecule has 2 aromatic rings. The quantitative estimate of drug-likeness (QED) is 0.873. The third-order valence-corrected chi connectivity index (χ3v) is 5.29. The van der Waals surface area contributed by atoms with Gasteiger partial charge in [0.15, 0.2) is 0 Å². The molecule has 0 radical (unpaired) electrons. The molecule has 2 atom stereocenters. The Bertz CT molecular complexity index is 692. The predicted octanol–water partition coefficient (Wildman–Crippen LogP) is 2.58. The Labute approximate surface area is 144 Å². The minimum absolute atomic E-state index is 0.0638. The lowest BCUT2D eigenvalue weighted by Crippen LogP contribution is -2.36. The van der Waals surface area contributed by atoms with Crippen LogP contribution in [0, 0.1) is 0 Å². The first-order valence-electron chi connectivity index (χ1n) is 8.14. The first-order valence-corrected chi connectivity index (χ1v) is 9.70. The fourth-order valence-corrected chi connectivity index (χ4v) is 3.55. The maximum Gasteiger partial charge on any atom is 0.251 e. The van der Waals surface area contributed by atoms with E-state index in [-0.39, 0.29) is 11.9 Å². The molecular formula is C18H22N2O3S. The number of rotatable bonds is 6. The highest BCUT2D eigenvalue weighted by Crippen LogP contribution is 2.25. The predicted molar refractivity (Wildman–Crippen MR) is 93.4 cm³/mol. The highest BCUT2D eigenvalue weighted by molar-refractivity contribution is 7.84. The van der Waals surface area contributed by atoms with Gasteiger partial charge in [-0.3, -0.25) is 13.9 Å². The van der Waals surface area contributed by atoms with Gasteiger partial charge < -0.3 is 9.73 Å². The number of furan rings is 1. The van der Waals surface area contributed by atoms with Gasteiger partial charge in [0.1, 0.15) is 5.76 Å². The standard InChI is InChI=1S/C18H22N2O3S/c1-24(22)15-8-6-14(7-9-15)18(21)19-13-16(17-5-4-12-23-17)20-10-2-3-11-20/h4-9,12,16H,2-3,10-11,13H2,1H3,(H,19,21)/t16-,24-/m1/s1. The van der Waals surface area contributed by atoms with Crippen molar-refractivity contribution in [3.05, 3.63) is 54.0 Å². The van der Waals surface area contributed by atoms with E-state index in [4.69, 9.17) is 4.42 Å². The van der Waals surface area contributed by atoms with E-state index in [1.165, 1.54) is 12.8 Å². The molecular weight excluding hydrogens is 324 g/mol. The van der Waals surface area contributed by atoms with Crippen LogP contribution in [0.5, 0.6) is 0 Å². The maximum absolute atomic E-state index is 12.4. The average Bonchev–Trinajstić information content (AvgIpc) is 3.29. The molecule has 1 N–H and O–H groups in total. The van der Waals surface area contributed by atoms with Crippen molar-refractivity contribution in [1.82, 2.24) is 10.2 Å². The zero-order valence-electron chi connectivity index (χ0n) is 13.7. The topological polar surface area (TPSA) is 62.6 Å². The van der Waals surface area contributed by atoms with Crippen molar-refractivity contribution in [3.63, 3.8) is 0 Å². The van der Waals surface area contributed by atoms with Gasteiger partial charge in [0.25, 0.3) is 5.91 Å². The second kappa shape index (κ2) is 7.77. The van der Waals surface area contributed by atoms with Gasteiger partial charge in [0, 0.05) is 34.1 Å². The number of benzene rings is 1. The molecule has 1 fully saturated rings. The number of carbonyl (C=O) groups is 1. The third kappa shape index (κ3) is 3.94. The number of nitrogens with zero attached hydrogens (tertiary/aromatic N) is 1. The SMILES string of the molecule is C[S@@](=O)c1ccc(C(=O)NC[C@H](c2ccco2)N2CCCC2)cc1. The minimum atomic E-state index is -1.03. The Morgan fingerprint density at radius 2 is 1.96 bits per heavy atom. The van der Waals surface area contributed by atoms with Gasteiger partial charge >= 0.3 is 0 Å². The Kier molecular flexibility index (Phi) is 5.48. The van der Waals surface area contributed by atoms with Gasteiger partial charge in [0.05, 0.1) is 12.3 Å². The number of amides is 1. The van der Waals surface area contributed by atoms with E-state index in [9.17, 15) is 9.00 Å². The average molecular weight is 346 g/mol. The molecule has 2 heterocycles. The second-order valence-electron chi connectivity index (χ2n) is 5.96. The van der Waals surface area contributed by atoms with Gasteiger partial charge in [-0.15, -0.1) is 0 Å². The molecule has 1 aliphatic rings. The lowest BCUT2D eigenvalue weighted by molar-refractivity contribution is 0.0933. The van der Waals surface area contributed by atoms with Crippen LogP contribution in [-0.4, -0.2) is 40.9 Å². The number of nitrogens with one attached hydrogen (secondary N) is 1. The number of hydrogen-bond donors (Lipinski definition) is 1. The van der Waals surface area contributed by atoms with Gasteiger partial charge in [-0.05, 0) is 62.3 Å². The fourth-order valence-electron chi connectivity index (χ4n) is 3.03. The Hall–Kier alpha value is -1.92. The van der Waals surface area contributed by atoms with E-state index in [0.717, 1.165) is 23.7 Å². The molecule has 1 aliphatic heterocycles. The highest BCUT2D eigenvalue weighted by atomic mass is 32.2. The summed E-state index contributed by atoms with van der Waals surface area (Å²) in [4.78, 5) is 15.4. The molecule has 0 spiro atoms. The van der Waals surface area contributed by atoms with E-state index >= 15 is 0 Å². The van der Waals surface area contributed by atoms with Crippen LogP contribution in [0.1, 0.15) is 35.0 Å². The Morgan fingerprint density at radius 3 is 2.54 bits per heavy atom. The Morgan fingerprint density at radius 1 is 1.25 bits per heavy atom. The molecule has 0 saturated carbocycles. The van der Waals surface area contributed by atoms with Crippen molar-refractivity contribution >= 4 is 16.7 Å². The van der Waals surface area contributed by atoms with Crippen molar-refractivity contribution in [2.75, 3.05) is 25.9 Å². The van der Waals surface area contributed by atoms with Crippen LogP contribution in [-0.2, 0) is 10.8 Å². The normalized spacial score (nSPS) is 17.5. The fraction of sp³-hybridized carbons (Fsp3) is 0.389. The van der Waals surface area contributed by atoms with Gasteiger partial charge in [-0.1, -0.05) is 0 Å². The zero-order valence-corrected chi connectivity index (χ0v) is 14.6. The van der Waals surface area contributed by atoms with Gasteiger partial charge in [-0.25, -0.2) is 0 Å². The summed E-state index contributed by atoms with van der Waals surface area (Å²) in [7, 11) is -1.03. The van der Waals surface area contributed by atoms with E-state index in [0.29, 0.717) is 12.1 Å². The van der Waals surface area contributed by atoms with Gasteiger partial charge in [0.2, 0.25) is 0 Å². The van der Waals surface area contributed by atoms with Crippen molar-refractivity contribution in [2.24, 2.45) is 0 Å². The lowest BCUT2D eigenvalue weighted by Gasteiger charge is -2.26. The summed E-state index contributed by atoms with van der Waals surface area (Å²) in [5.41, 5.74) is 0.573. The summed E-state index contributed by atoms with van der Waals surface area (Å²) >= 11 is 0. The van der Waals surface area contributed by atoms with Crippen LogP contribution in [0.3, 0.4) is 0 Å². The van der Waals surface area contributed by atoms with Crippen molar-refractivity contribution in [2.45, 2.75) is 23.8 Å². The lowest BCUT2D eigenvalue weighted by atomic mass is 10.1.